The van der Waals surface area contributed by atoms with E-state index in [0.717, 1.165) is 38.5 Å². The molecule has 2 heterocycles. The second-order valence-corrected chi connectivity index (χ2v) is 4.93. The highest BCUT2D eigenvalue weighted by Gasteiger charge is 2.21. The lowest BCUT2D eigenvalue weighted by atomic mass is 10.2. The zero-order valence-electron chi connectivity index (χ0n) is 11.2. The molecule has 5 nitrogen and oxygen atoms in total. The summed E-state index contributed by atoms with van der Waals surface area (Å²) in [6.07, 6.45) is 1.96. The van der Waals surface area contributed by atoms with Crippen molar-refractivity contribution in [2.45, 2.75) is 32.5 Å². The number of ether oxygens (including phenoxy) is 1. The molecule has 1 aliphatic rings. The Bertz CT molecular complexity index is 344. The molecule has 0 aliphatic carbocycles. The molecule has 1 aliphatic heterocycles. The quantitative estimate of drug-likeness (QED) is 0.832. The first kappa shape index (κ1) is 13.4. The van der Waals surface area contributed by atoms with E-state index in [1.54, 1.807) is 6.20 Å². The molecule has 0 radical (unpaired) electrons. The van der Waals surface area contributed by atoms with Gasteiger partial charge in [0.1, 0.15) is 0 Å². The Morgan fingerprint density at radius 2 is 2.44 bits per heavy atom. The molecule has 0 bridgehead atoms. The van der Waals surface area contributed by atoms with Gasteiger partial charge in [0.05, 0.1) is 18.4 Å². The van der Waals surface area contributed by atoms with E-state index in [4.69, 9.17) is 4.74 Å². The van der Waals surface area contributed by atoms with Crippen LogP contribution in [0.4, 0.5) is 0 Å². The van der Waals surface area contributed by atoms with E-state index < -0.39 is 0 Å². The molecule has 0 spiro atoms. The predicted octanol–water partition coefficient (Wildman–Crippen LogP) is 0.675. The van der Waals surface area contributed by atoms with Gasteiger partial charge in [0, 0.05) is 38.4 Å². The summed E-state index contributed by atoms with van der Waals surface area (Å²) < 4.78 is 5.76. The Hall–Kier alpha value is -1.04. The van der Waals surface area contributed by atoms with Crippen LogP contribution in [-0.2, 0) is 11.3 Å². The third-order valence-electron chi connectivity index (χ3n) is 3.21. The van der Waals surface area contributed by atoms with E-state index in [-0.39, 0.29) is 6.10 Å². The zero-order chi connectivity index (χ0) is 12.8. The van der Waals surface area contributed by atoms with Crippen molar-refractivity contribution in [1.29, 1.82) is 0 Å². The van der Waals surface area contributed by atoms with Crippen LogP contribution in [0.1, 0.15) is 19.5 Å². The summed E-state index contributed by atoms with van der Waals surface area (Å²) >= 11 is 0. The smallest absolute Gasteiger partial charge is 0.0826 e. The Balaban J connectivity index is 1.70. The van der Waals surface area contributed by atoms with E-state index in [2.05, 4.69) is 34.3 Å². The van der Waals surface area contributed by atoms with Crippen molar-refractivity contribution in [1.82, 2.24) is 20.4 Å². The molecule has 5 heteroatoms. The van der Waals surface area contributed by atoms with E-state index in [1.165, 1.54) is 0 Å². The summed E-state index contributed by atoms with van der Waals surface area (Å²) in [5, 5.41) is 11.3. The van der Waals surface area contributed by atoms with Gasteiger partial charge in [0.2, 0.25) is 0 Å². The maximum atomic E-state index is 5.76. The summed E-state index contributed by atoms with van der Waals surface area (Å²) in [5.41, 5.74) is 0.967. The molecule has 2 rings (SSSR count). The minimum Gasteiger partial charge on any atom is -0.374 e. The van der Waals surface area contributed by atoms with Crippen LogP contribution in [0.3, 0.4) is 0 Å². The summed E-state index contributed by atoms with van der Waals surface area (Å²) in [6.45, 7) is 8.94. The summed E-state index contributed by atoms with van der Waals surface area (Å²) in [4.78, 5) is 2.46. The topological polar surface area (TPSA) is 50.3 Å². The fourth-order valence-corrected chi connectivity index (χ4v) is 2.12. The standard InChI is InChI=1S/C13H22N4O/c1-11(2)17-6-7-18-13(10-17)9-14-8-12-4-3-5-15-16-12/h3-5,11,13-14H,6-10H2,1-2H3. The normalized spacial score (nSPS) is 21.4. The fourth-order valence-electron chi connectivity index (χ4n) is 2.12. The van der Waals surface area contributed by atoms with Crippen molar-refractivity contribution in [3.63, 3.8) is 0 Å². The molecule has 1 fully saturated rings. The number of morpholine rings is 1. The highest BCUT2D eigenvalue weighted by molar-refractivity contribution is 4.98. The second kappa shape index (κ2) is 6.78. The van der Waals surface area contributed by atoms with E-state index in [9.17, 15) is 0 Å². The van der Waals surface area contributed by atoms with Crippen LogP contribution in [0, 0.1) is 0 Å². The van der Waals surface area contributed by atoms with Crippen molar-refractivity contribution in [3.8, 4) is 0 Å². The largest absolute Gasteiger partial charge is 0.374 e. The lowest BCUT2D eigenvalue weighted by molar-refractivity contribution is -0.0372. The van der Waals surface area contributed by atoms with Gasteiger partial charge in [0.15, 0.2) is 0 Å². The van der Waals surface area contributed by atoms with Gasteiger partial charge in [-0.05, 0) is 26.0 Å². The first-order chi connectivity index (χ1) is 8.75. The third kappa shape index (κ3) is 4.01. The predicted molar refractivity (Wildman–Crippen MR) is 70.2 cm³/mol. The molecule has 0 saturated carbocycles. The van der Waals surface area contributed by atoms with Crippen LogP contribution < -0.4 is 5.32 Å². The average Bonchev–Trinajstić information content (AvgIpc) is 2.40. The van der Waals surface area contributed by atoms with Crippen LogP contribution in [0.15, 0.2) is 18.3 Å². The zero-order valence-corrected chi connectivity index (χ0v) is 11.2. The number of hydrogen-bond donors (Lipinski definition) is 1. The molecule has 100 valence electrons. The molecule has 1 saturated heterocycles. The number of aromatic nitrogens is 2. The molecular formula is C13H22N4O. The maximum Gasteiger partial charge on any atom is 0.0826 e. The Morgan fingerprint density at radius 3 is 3.17 bits per heavy atom. The van der Waals surface area contributed by atoms with Gasteiger partial charge in [-0.3, -0.25) is 4.90 Å². The first-order valence-electron chi connectivity index (χ1n) is 6.58. The summed E-state index contributed by atoms with van der Waals surface area (Å²) in [6, 6.07) is 4.47. The van der Waals surface area contributed by atoms with Crippen LogP contribution in [0.25, 0.3) is 0 Å². The Labute approximate surface area is 109 Å². The molecule has 0 amide bonds. The van der Waals surface area contributed by atoms with Gasteiger partial charge >= 0.3 is 0 Å². The molecular weight excluding hydrogens is 228 g/mol. The lowest BCUT2D eigenvalue weighted by Gasteiger charge is -2.35. The van der Waals surface area contributed by atoms with E-state index >= 15 is 0 Å². The van der Waals surface area contributed by atoms with Crippen molar-refractivity contribution < 1.29 is 4.74 Å². The minimum absolute atomic E-state index is 0.276. The van der Waals surface area contributed by atoms with Gasteiger partial charge in [-0.1, -0.05) is 0 Å². The van der Waals surface area contributed by atoms with Crippen molar-refractivity contribution >= 4 is 0 Å². The van der Waals surface area contributed by atoms with Gasteiger partial charge in [-0.25, -0.2) is 0 Å². The maximum absolute atomic E-state index is 5.76. The van der Waals surface area contributed by atoms with Crippen LogP contribution in [0.5, 0.6) is 0 Å². The highest BCUT2D eigenvalue weighted by atomic mass is 16.5. The van der Waals surface area contributed by atoms with Crippen LogP contribution in [0.2, 0.25) is 0 Å². The molecule has 1 atom stereocenters. The molecule has 1 aromatic heterocycles. The molecule has 18 heavy (non-hydrogen) atoms. The number of hydrogen-bond acceptors (Lipinski definition) is 5. The van der Waals surface area contributed by atoms with Crippen LogP contribution >= 0.6 is 0 Å². The fraction of sp³-hybridized carbons (Fsp3) is 0.692. The van der Waals surface area contributed by atoms with E-state index in [1.807, 2.05) is 12.1 Å². The SMILES string of the molecule is CC(C)N1CCOC(CNCc2cccnn2)C1. The molecule has 0 aromatic carbocycles. The van der Waals surface area contributed by atoms with Gasteiger partial charge < -0.3 is 10.1 Å². The molecule has 1 aromatic rings. The Kier molecular flexibility index (Phi) is 5.04. The second-order valence-electron chi connectivity index (χ2n) is 4.93. The minimum atomic E-state index is 0.276. The monoisotopic (exact) mass is 250 g/mol. The lowest BCUT2D eigenvalue weighted by Crippen LogP contribution is -2.49. The van der Waals surface area contributed by atoms with Gasteiger partial charge in [-0.15, -0.1) is 0 Å². The van der Waals surface area contributed by atoms with Crippen molar-refractivity contribution in [2.75, 3.05) is 26.2 Å². The van der Waals surface area contributed by atoms with Crippen molar-refractivity contribution in [3.05, 3.63) is 24.0 Å². The van der Waals surface area contributed by atoms with Crippen LogP contribution in [-0.4, -0.2) is 53.5 Å². The number of nitrogens with one attached hydrogen (secondary N) is 1. The van der Waals surface area contributed by atoms with E-state index in [0.29, 0.717) is 6.04 Å². The van der Waals surface area contributed by atoms with Crippen molar-refractivity contribution in [2.24, 2.45) is 0 Å². The number of rotatable bonds is 5. The average molecular weight is 250 g/mol. The molecule has 1 unspecified atom stereocenters. The first-order valence-corrected chi connectivity index (χ1v) is 6.58. The number of nitrogens with zero attached hydrogens (tertiary/aromatic N) is 3. The third-order valence-corrected chi connectivity index (χ3v) is 3.21. The molecule has 1 N–H and O–H groups in total. The van der Waals surface area contributed by atoms with Gasteiger partial charge in [-0.2, -0.15) is 10.2 Å². The Morgan fingerprint density at radius 1 is 1.56 bits per heavy atom. The van der Waals surface area contributed by atoms with Gasteiger partial charge in [0.25, 0.3) is 0 Å². The highest BCUT2D eigenvalue weighted by Crippen LogP contribution is 2.08. The summed E-state index contributed by atoms with van der Waals surface area (Å²) in [7, 11) is 0. The summed E-state index contributed by atoms with van der Waals surface area (Å²) in [5.74, 6) is 0.